The molecule has 0 aliphatic heterocycles. The quantitative estimate of drug-likeness (QED) is 0.768. The molecule has 2 aromatic rings. The van der Waals surface area contributed by atoms with E-state index in [1.54, 1.807) is 0 Å². The van der Waals surface area contributed by atoms with Gasteiger partial charge in [-0.2, -0.15) is 0 Å². The first kappa shape index (κ1) is 14.3. The van der Waals surface area contributed by atoms with E-state index in [1.165, 1.54) is 5.56 Å². The van der Waals surface area contributed by atoms with Crippen LogP contribution in [0, 0.1) is 6.92 Å². The maximum atomic E-state index is 6.17. The van der Waals surface area contributed by atoms with E-state index in [0.717, 1.165) is 24.0 Å². The summed E-state index contributed by atoms with van der Waals surface area (Å²) in [7, 11) is 0. The number of hydrogen-bond acceptors (Lipinski definition) is 2. The van der Waals surface area contributed by atoms with Gasteiger partial charge in [0.1, 0.15) is 16.1 Å². The van der Waals surface area contributed by atoms with Crippen LogP contribution in [0.15, 0.2) is 24.3 Å². The molecule has 0 amide bonds. The van der Waals surface area contributed by atoms with E-state index in [9.17, 15) is 0 Å². The topological polar surface area (TPSA) is 25.8 Å². The number of aromatic nitrogens is 2. The lowest BCUT2D eigenvalue weighted by molar-refractivity contribution is 0.877. The summed E-state index contributed by atoms with van der Waals surface area (Å²) >= 11 is 12.3. The zero-order chi connectivity index (χ0) is 13.8. The van der Waals surface area contributed by atoms with Crippen LogP contribution in [0.3, 0.4) is 0 Å². The lowest BCUT2D eigenvalue weighted by Crippen LogP contribution is -2.01. The summed E-state index contributed by atoms with van der Waals surface area (Å²) in [4.78, 5) is 8.68. The maximum absolute atomic E-state index is 6.17. The Balaban J connectivity index is 2.24. The minimum Gasteiger partial charge on any atom is -0.220 e. The van der Waals surface area contributed by atoms with Gasteiger partial charge < -0.3 is 0 Å². The van der Waals surface area contributed by atoms with Gasteiger partial charge in [-0.1, -0.05) is 66.4 Å². The Bertz CT molecular complexity index is 542. The molecule has 2 nitrogen and oxygen atoms in total. The van der Waals surface area contributed by atoms with Crippen LogP contribution in [-0.2, 0) is 12.8 Å². The molecule has 100 valence electrons. The molecule has 0 aliphatic carbocycles. The molecule has 0 bridgehead atoms. The standard InChI is InChI=1S/C15H16Cl2N2/c1-3-4-12-14(16)18-13(19-15(12)17)9-11-7-5-10(2)6-8-11/h5-8H,3-4,9H2,1-2H3. The highest BCUT2D eigenvalue weighted by atomic mass is 35.5. The first-order valence-corrected chi connectivity index (χ1v) is 7.12. The van der Waals surface area contributed by atoms with E-state index in [2.05, 4.69) is 48.1 Å². The molecule has 4 heteroatoms. The molecule has 1 aromatic heterocycles. The van der Waals surface area contributed by atoms with Crippen molar-refractivity contribution < 1.29 is 0 Å². The third-order valence-electron chi connectivity index (χ3n) is 2.94. The molecular weight excluding hydrogens is 279 g/mol. The minimum atomic E-state index is 0.476. The number of hydrogen-bond donors (Lipinski definition) is 0. The normalized spacial score (nSPS) is 10.7. The Morgan fingerprint density at radius 1 is 1.00 bits per heavy atom. The van der Waals surface area contributed by atoms with Gasteiger partial charge in [-0.3, -0.25) is 0 Å². The second-order valence-corrected chi connectivity index (χ2v) is 5.33. The SMILES string of the molecule is CCCc1c(Cl)nc(Cc2ccc(C)cc2)nc1Cl. The summed E-state index contributed by atoms with van der Waals surface area (Å²) in [5.74, 6) is 0.665. The van der Waals surface area contributed by atoms with E-state index < -0.39 is 0 Å². The van der Waals surface area contributed by atoms with Gasteiger partial charge in [-0.05, 0) is 18.9 Å². The van der Waals surface area contributed by atoms with E-state index in [1.807, 2.05) is 0 Å². The van der Waals surface area contributed by atoms with Crippen molar-refractivity contribution in [2.45, 2.75) is 33.1 Å². The van der Waals surface area contributed by atoms with E-state index in [-0.39, 0.29) is 0 Å². The van der Waals surface area contributed by atoms with Crippen LogP contribution >= 0.6 is 23.2 Å². The fourth-order valence-corrected chi connectivity index (χ4v) is 2.51. The highest BCUT2D eigenvalue weighted by Crippen LogP contribution is 2.23. The highest BCUT2D eigenvalue weighted by molar-refractivity contribution is 6.34. The molecule has 0 saturated carbocycles. The Hall–Kier alpha value is -1.12. The average molecular weight is 295 g/mol. The van der Waals surface area contributed by atoms with Crippen LogP contribution in [-0.4, -0.2) is 9.97 Å². The molecule has 0 radical (unpaired) electrons. The molecule has 1 aromatic carbocycles. The number of halogens is 2. The van der Waals surface area contributed by atoms with Gasteiger partial charge in [0, 0.05) is 12.0 Å². The lowest BCUT2D eigenvalue weighted by atomic mass is 10.1. The maximum Gasteiger partial charge on any atom is 0.137 e. The van der Waals surface area contributed by atoms with Crippen molar-refractivity contribution in [2.24, 2.45) is 0 Å². The first-order chi connectivity index (χ1) is 9.10. The Labute approximate surface area is 123 Å². The van der Waals surface area contributed by atoms with Crippen LogP contribution in [0.25, 0.3) is 0 Å². The molecule has 0 saturated heterocycles. The lowest BCUT2D eigenvalue weighted by Gasteiger charge is -2.07. The van der Waals surface area contributed by atoms with Crippen molar-refractivity contribution >= 4 is 23.2 Å². The van der Waals surface area contributed by atoms with Crippen molar-refractivity contribution in [3.05, 3.63) is 57.1 Å². The molecular formula is C15H16Cl2N2. The fourth-order valence-electron chi connectivity index (χ4n) is 1.90. The largest absolute Gasteiger partial charge is 0.220 e. The third kappa shape index (κ3) is 3.68. The van der Waals surface area contributed by atoms with Crippen LogP contribution in [0.4, 0.5) is 0 Å². The smallest absolute Gasteiger partial charge is 0.137 e. The molecule has 0 N–H and O–H groups in total. The highest BCUT2D eigenvalue weighted by Gasteiger charge is 2.11. The van der Waals surface area contributed by atoms with Gasteiger partial charge >= 0.3 is 0 Å². The Kier molecular flexibility index (Phi) is 4.78. The fraction of sp³-hybridized carbons (Fsp3) is 0.333. The second kappa shape index (κ2) is 6.36. The third-order valence-corrected chi connectivity index (χ3v) is 3.56. The van der Waals surface area contributed by atoms with Crippen LogP contribution < -0.4 is 0 Å². The molecule has 0 unspecified atom stereocenters. The Morgan fingerprint density at radius 2 is 1.58 bits per heavy atom. The van der Waals surface area contributed by atoms with Gasteiger partial charge in [-0.25, -0.2) is 9.97 Å². The molecule has 2 rings (SSSR count). The van der Waals surface area contributed by atoms with Crippen LogP contribution in [0.2, 0.25) is 10.3 Å². The van der Waals surface area contributed by atoms with Crippen LogP contribution in [0.5, 0.6) is 0 Å². The van der Waals surface area contributed by atoms with Crippen molar-refractivity contribution in [1.29, 1.82) is 0 Å². The molecule has 0 atom stereocenters. The summed E-state index contributed by atoms with van der Waals surface area (Å²) in [5, 5.41) is 0.952. The molecule has 0 aliphatic rings. The van der Waals surface area contributed by atoms with Crippen molar-refractivity contribution in [1.82, 2.24) is 9.97 Å². The van der Waals surface area contributed by atoms with E-state index >= 15 is 0 Å². The summed E-state index contributed by atoms with van der Waals surface area (Å²) in [6.45, 7) is 4.14. The zero-order valence-corrected chi connectivity index (χ0v) is 12.6. The Morgan fingerprint density at radius 3 is 2.11 bits per heavy atom. The molecule has 19 heavy (non-hydrogen) atoms. The van der Waals surface area contributed by atoms with Gasteiger partial charge in [0.25, 0.3) is 0 Å². The van der Waals surface area contributed by atoms with E-state index in [4.69, 9.17) is 23.2 Å². The minimum absolute atomic E-state index is 0.476. The van der Waals surface area contributed by atoms with Crippen molar-refractivity contribution in [2.75, 3.05) is 0 Å². The summed E-state index contributed by atoms with van der Waals surface area (Å²) < 4.78 is 0. The zero-order valence-electron chi connectivity index (χ0n) is 11.1. The summed E-state index contributed by atoms with van der Waals surface area (Å²) in [5.41, 5.74) is 3.23. The second-order valence-electron chi connectivity index (χ2n) is 4.61. The monoisotopic (exact) mass is 294 g/mol. The van der Waals surface area contributed by atoms with Gasteiger partial charge in [-0.15, -0.1) is 0 Å². The summed E-state index contributed by atoms with van der Waals surface area (Å²) in [6.07, 6.45) is 2.43. The predicted molar refractivity (Wildman–Crippen MR) is 80.0 cm³/mol. The summed E-state index contributed by atoms with van der Waals surface area (Å²) in [6, 6.07) is 8.29. The number of benzene rings is 1. The van der Waals surface area contributed by atoms with Crippen LogP contribution in [0.1, 0.15) is 35.9 Å². The predicted octanol–water partition coefficient (Wildman–Crippen LogP) is 4.64. The molecule has 0 spiro atoms. The van der Waals surface area contributed by atoms with Gasteiger partial charge in [0.2, 0.25) is 0 Å². The number of aryl methyl sites for hydroxylation is 1. The molecule has 0 fully saturated rings. The van der Waals surface area contributed by atoms with Crippen molar-refractivity contribution in [3.63, 3.8) is 0 Å². The van der Waals surface area contributed by atoms with Crippen molar-refractivity contribution in [3.8, 4) is 0 Å². The average Bonchev–Trinajstić information content (AvgIpc) is 2.37. The number of rotatable bonds is 4. The van der Waals surface area contributed by atoms with Gasteiger partial charge in [0.05, 0.1) is 0 Å². The molecule has 1 heterocycles. The first-order valence-electron chi connectivity index (χ1n) is 6.36. The van der Waals surface area contributed by atoms with Gasteiger partial charge in [0.15, 0.2) is 0 Å². The number of nitrogens with zero attached hydrogens (tertiary/aromatic N) is 2. The van der Waals surface area contributed by atoms with E-state index in [0.29, 0.717) is 22.6 Å².